The molecule has 0 bridgehead atoms. The van der Waals surface area contributed by atoms with Gasteiger partial charge >= 0.3 is 0 Å². The number of piperazine rings is 1. The molecular weight excluding hydrogens is 324 g/mol. The molecule has 8 heteroatoms. The zero-order chi connectivity index (χ0) is 19.1. The number of carbonyl (C=O) groups excluding carboxylic acids is 2. The van der Waals surface area contributed by atoms with Gasteiger partial charge in [0.1, 0.15) is 11.6 Å². The molecule has 0 spiro atoms. The van der Waals surface area contributed by atoms with E-state index in [0.29, 0.717) is 13.0 Å². The molecule has 1 aliphatic heterocycles. The second-order valence-electron chi connectivity index (χ2n) is 6.08. The second-order valence-corrected chi connectivity index (χ2v) is 6.08. The first kappa shape index (κ1) is 23.0. The summed E-state index contributed by atoms with van der Waals surface area (Å²) in [6, 6.07) is 5.57. The van der Waals surface area contributed by atoms with Crippen LogP contribution in [0.1, 0.15) is 20.8 Å². The molecule has 2 heterocycles. The molecule has 25 heavy (non-hydrogen) atoms. The molecule has 0 aromatic carbocycles. The number of aromatic nitrogens is 1. The number of carbonyl (C=O) groups is 2. The molecule has 1 aliphatic rings. The molecule has 0 aliphatic carbocycles. The number of nitrogens with one attached hydrogen (secondary N) is 2. The second kappa shape index (κ2) is 13.3. The van der Waals surface area contributed by atoms with Gasteiger partial charge in [-0.15, -0.1) is 0 Å². The lowest BCUT2D eigenvalue weighted by Gasteiger charge is -2.26. The van der Waals surface area contributed by atoms with Crippen LogP contribution in [-0.2, 0) is 19.2 Å². The predicted octanol–water partition coefficient (Wildman–Crippen LogP) is 0.607. The fourth-order valence-electron chi connectivity index (χ4n) is 1.59. The molecule has 8 nitrogen and oxygen atoms in total. The summed E-state index contributed by atoms with van der Waals surface area (Å²) in [5.41, 5.74) is -0.318. The maximum Gasteiger partial charge on any atom is 0.293 e. The summed E-state index contributed by atoms with van der Waals surface area (Å²) in [5, 5.41) is 7.47. The summed E-state index contributed by atoms with van der Waals surface area (Å²) in [5.74, 6) is -0.0373. The third-order valence-electron chi connectivity index (χ3n) is 2.89. The molecule has 1 fully saturated rings. The minimum absolute atomic E-state index is 0.0373. The summed E-state index contributed by atoms with van der Waals surface area (Å²) in [6.45, 7) is 8.34. The predicted molar refractivity (Wildman–Crippen MR) is 95.6 cm³/mol. The first-order chi connectivity index (χ1) is 11.8. The van der Waals surface area contributed by atoms with E-state index in [0.717, 1.165) is 13.1 Å². The zero-order valence-electron chi connectivity index (χ0n) is 15.7. The molecule has 142 valence electrons. The smallest absolute Gasteiger partial charge is 0.293 e. The van der Waals surface area contributed by atoms with Crippen LogP contribution in [0.25, 0.3) is 0 Å². The van der Waals surface area contributed by atoms with Crippen molar-refractivity contribution >= 4 is 12.4 Å². The van der Waals surface area contributed by atoms with E-state index >= 15 is 0 Å². The summed E-state index contributed by atoms with van der Waals surface area (Å²) >= 11 is 0. The molecule has 2 N–H and O–H groups in total. The van der Waals surface area contributed by atoms with E-state index in [1.807, 2.05) is 39.0 Å². The number of rotatable bonds is 3. The van der Waals surface area contributed by atoms with Crippen LogP contribution < -0.4 is 10.6 Å². The minimum Gasteiger partial charge on any atom is -0.462 e. The first-order valence-corrected chi connectivity index (χ1v) is 8.04. The van der Waals surface area contributed by atoms with Gasteiger partial charge in [0.05, 0.1) is 7.11 Å². The van der Waals surface area contributed by atoms with E-state index in [-0.39, 0.29) is 17.6 Å². The van der Waals surface area contributed by atoms with E-state index in [9.17, 15) is 9.59 Å². The lowest BCUT2D eigenvalue weighted by atomic mass is 10.2. The Kier molecular flexibility index (Phi) is 12.2. The normalized spacial score (nSPS) is 16.3. The van der Waals surface area contributed by atoms with Crippen LogP contribution in [0.4, 0.5) is 0 Å². The number of nitrogens with zero attached hydrogens (tertiary/aromatic N) is 2. The number of pyridine rings is 1. The topological polar surface area (TPSA) is 92.8 Å². The molecule has 2 rings (SSSR count). The lowest BCUT2D eigenvalue weighted by molar-refractivity contribution is -0.171. The van der Waals surface area contributed by atoms with Crippen molar-refractivity contribution in [2.24, 2.45) is 0 Å². The van der Waals surface area contributed by atoms with Crippen molar-refractivity contribution in [2.75, 3.05) is 33.8 Å². The molecule has 1 aromatic rings. The van der Waals surface area contributed by atoms with Crippen molar-refractivity contribution in [3.05, 3.63) is 30.6 Å². The number of hydrogen-bond acceptors (Lipinski definition) is 7. The number of ether oxygens (including phenoxy) is 1. The van der Waals surface area contributed by atoms with Crippen molar-refractivity contribution in [1.82, 2.24) is 20.7 Å². The molecule has 1 saturated heterocycles. The van der Waals surface area contributed by atoms with Crippen molar-refractivity contribution in [3.63, 3.8) is 0 Å². The quantitative estimate of drug-likeness (QED) is 0.607. The van der Waals surface area contributed by atoms with Gasteiger partial charge < -0.3 is 15.4 Å². The van der Waals surface area contributed by atoms with Gasteiger partial charge in [0.2, 0.25) is 0 Å². The summed E-state index contributed by atoms with van der Waals surface area (Å²) in [4.78, 5) is 29.6. The fraction of sp³-hybridized carbons (Fsp3) is 0.588. The van der Waals surface area contributed by atoms with Crippen LogP contribution >= 0.6 is 0 Å². The molecule has 0 radical (unpaired) electrons. The van der Waals surface area contributed by atoms with E-state index in [2.05, 4.69) is 20.4 Å². The summed E-state index contributed by atoms with van der Waals surface area (Å²) in [6.07, 6.45) is 3.50. The summed E-state index contributed by atoms with van der Waals surface area (Å²) < 4.78 is 4.55. The first-order valence-electron chi connectivity index (χ1n) is 8.04. The van der Waals surface area contributed by atoms with Gasteiger partial charge in [-0.25, -0.2) is 5.06 Å². The fourth-order valence-corrected chi connectivity index (χ4v) is 1.59. The molecular formula is C17H30N4O4. The number of amides is 1. The van der Waals surface area contributed by atoms with Gasteiger partial charge in [0, 0.05) is 39.1 Å². The number of hydrogen-bond donors (Lipinski definition) is 2. The van der Waals surface area contributed by atoms with Gasteiger partial charge in [-0.2, -0.15) is 0 Å². The summed E-state index contributed by atoms with van der Waals surface area (Å²) in [7, 11) is 3.09. The highest BCUT2D eigenvalue weighted by Gasteiger charge is 2.23. The Bertz CT molecular complexity index is 433. The SMILES string of the molecule is CC(C)(C)OC=O.CON(C)C(=O)[C@@H]1CNCCN1.c1ccncc1. The van der Waals surface area contributed by atoms with E-state index in [1.165, 1.54) is 12.2 Å². The Hall–Kier alpha value is -2.03. The van der Waals surface area contributed by atoms with Gasteiger partial charge in [0.15, 0.2) is 0 Å². The van der Waals surface area contributed by atoms with E-state index < -0.39 is 0 Å². The molecule has 0 unspecified atom stereocenters. The Labute approximate surface area is 149 Å². The van der Waals surface area contributed by atoms with E-state index in [1.54, 1.807) is 19.4 Å². The number of likely N-dealkylation sites (N-methyl/N-ethyl adjacent to an activating group) is 1. The third-order valence-corrected chi connectivity index (χ3v) is 2.89. The Morgan fingerprint density at radius 3 is 2.16 bits per heavy atom. The monoisotopic (exact) mass is 354 g/mol. The van der Waals surface area contributed by atoms with Crippen LogP contribution in [-0.4, -0.2) is 67.9 Å². The Balaban J connectivity index is 0.000000377. The molecule has 0 saturated carbocycles. The highest BCUT2D eigenvalue weighted by atomic mass is 16.7. The van der Waals surface area contributed by atoms with Crippen LogP contribution in [0.15, 0.2) is 30.6 Å². The highest BCUT2D eigenvalue weighted by molar-refractivity contribution is 5.81. The Morgan fingerprint density at radius 1 is 1.24 bits per heavy atom. The van der Waals surface area contributed by atoms with Crippen LogP contribution in [0.5, 0.6) is 0 Å². The maximum absolute atomic E-state index is 11.4. The molecule has 1 atom stereocenters. The van der Waals surface area contributed by atoms with Crippen LogP contribution in [0.3, 0.4) is 0 Å². The van der Waals surface area contributed by atoms with Crippen molar-refractivity contribution in [1.29, 1.82) is 0 Å². The van der Waals surface area contributed by atoms with E-state index in [4.69, 9.17) is 4.84 Å². The molecule has 1 amide bonds. The average molecular weight is 354 g/mol. The van der Waals surface area contributed by atoms with Gasteiger partial charge in [-0.05, 0) is 32.9 Å². The number of hydroxylamine groups is 2. The minimum atomic E-state index is -0.318. The van der Waals surface area contributed by atoms with Crippen LogP contribution in [0.2, 0.25) is 0 Å². The third kappa shape index (κ3) is 13.0. The van der Waals surface area contributed by atoms with Gasteiger partial charge in [-0.3, -0.25) is 19.4 Å². The highest BCUT2D eigenvalue weighted by Crippen LogP contribution is 2.02. The van der Waals surface area contributed by atoms with Crippen LogP contribution in [0, 0.1) is 0 Å². The lowest BCUT2D eigenvalue weighted by Crippen LogP contribution is -2.55. The zero-order valence-corrected chi connectivity index (χ0v) is 15.7. The van der Waals surface area contributed by atoms with Gasteiger partial charge in [0.25, 0.3) is 12.4 Å². The Morgan fingerprint density at radius 2 is 1.88 bits per heavy atom. The van der Waals surface area contributed by atoms with Gasteiger partial charge in [-0.1, -0.05) is 6.07 Å². The largest absolute Gasteiger partial charge is 0.462 e. The van der Waals surface area contributed by atoms with Crippen molar-refractivity contribution < 1.29 is 19.2 Å². The molecule has 1 aromatic heterocycles. The standard InChI is InChI=1S/C7H15N3O2.C5H5N.C5H10O2/c1-10(12-2)7(11)6-5-8-3-4-9-6;1-2-4-6-5-3-1;1-5(2,3)7-4-6/h6,8-9H,3-5H2,1-2H3;1-5H;4H,1-3H3/t6-;;/m0../s1. The van der Waals surface area contributed by atoms with Crippen molar-refractivity contribution in [2.45, 2.75) is 32.4 Å². The van der Waals surface area contributed by atoms with Crippen molar-refractivity contribution in [3.8, 4) is 0 Å². The average Bonchev–Trinajstić information content (AvgIpc) is 2.62. The maximum atomic E-state index is 11.4.